The summed E-state index contributed by atoms with van der Waals surface area (Å²) in [5.41, 5.74) is 4.60. The molecule has 9 heteroatoms. The molecule has 3 rings (SSSR count). The first-order valence-corrected chi connectivity index (χ1v) is 10.5. The first kappa shape index (κ1) is 21.2. The predicted molar refractivity (Wildman–Crippen MR) is 111 cm³/mol. The van der Waals surface area contributed by atoms with Gasteiger partial charge in [-0.2, -0.15) is 0 Å². The lowest BCUT2D eigenvalue weighted by Gasteiger charge is -2.19. The zero-order valence-electron chi connectivity index (χ0n) is 16.9. The van der Waals surface area contributed by atoms with E-state index in [1.54, 1.807) is 12.1 Å². The third-order valence-electron chi connectivity index (χ3n) is 4.12. The van der Waals surface area contributed by atoms with E-state index in [1.807, 2.05) is 30.9 Å². The van der Waals surface area contributed by atoms with Gasteiger partial charge < -0.3 is 10.1 Å². The molecule has 7 nitrogen and oxygen atoms in total. The Kier molecular flexibility index (Phi) is 6.79. The Bertz CT molecular complexity index is 874. The van der Waals surface area contributed by atoms with Crippen molar-refractivity contribution in [1.29, 1.82) is 0 Å². The molecule has 0 spiro atoms. The third-order valence-corrected chi connectivity index (χ3v) is 4.94. The van der Waals surface area contributed by atoms with Crippen molar-refractivity contribution in [3.63, 3.8) is 0 Å². The van der Waals surface area contributed by atoms with Crippen molar-refractivity contribution in [3.05, 3.63) is 46.9 Å². The molecule has 1 aromatic heterocycles. The molecule has 0 bridgehead atoms. The van der Waals surface area contributed by atoms with Gasteiger partial charge in [0.25, 0.3) is 0 Å². The lowest BCUT2D eigenvalue weighted by Crippen LogP contribution is -2.33. The van der Waals surface area contributed by atoms with Gasteiger partial charge in [-0.05, 0) is 57.9 Å². The monoisotopic (exact) mass is 419 g/mol. The van der Waals surface area contributed by atoms with Gasteiger partial charge in [-0.1, -0.05) is 18.2 Å². The number of nitrogens with zero attached hydrogens (tertiary/aromatic N) is 3. The lowest BCUT2D eigenvalue weighted by atomic mass is 10.2. The van der Waals surface area contributed by atoms with Crippen LogP contribution >= 0.6 is 11.8 Å². The highest BCUT2D eigenvalue weighted by atomic mass is 32.2. The summed E-state index contributed by atoms with van der Waals surface area (Å²) in [6.07, 6.45) is 3.12. The number of fused-ring (bicyclic) bond motifs is 1. The zero-order chi connectivity index (χ0) is 20.9. The molecule has 2 aromatic rings. The van der Waals surface area contributed by atoms with Crippen LogP contribution in [0, 0.1) is 5.82 Å². The maximum absolute atomic E-state index is 13.2. The molecule has 0 atom stereocenters. The maximum atomic E-state index is 13.2. The maximum Gasteiger partial charge on any atom is 0.407 e. The summed E-state index contributed by atoms with van der Waals surface area (Å²) < 4.78 is 20.2. The highest BCUT2D eigenvalue weighted by molar-refractivity contribution is 8.02. The fourth-order valence-electron chi connectivity index (χ4n) is 2.76. The average molecular weight is 420 g/mol. The SMILES string of the molecule is CC(C)(C)OC(=O)NCCCCCc1nnc2n1NC(c1ccc(F)cc1)=CS2. The van der Waals surface area contributed by atoms with Crippen molar-refractivity contribution in [2.45, 2.75) is 57.2 Å². The van der Waals surface area contributed by atoms with E-state index in [0.29, 0.717) is 6.54 Å². The summed E-state index contributed by atoms with van der Waals surface area (Å²) in [6.45, 7) is 6.11. The number of hydrogen-bond donors (Lipinski definition) is 2. The largest absolute Gasteiger partial charge is 0.444 e. The molecule has 156 valence electrons. The van der Waals surface area contributed by atoms with Crippen LogP contribution < -0.4 is 10.7 Å². The van der Waals surface area contributed by atoms with Crippen molar-refractivity contribution >= 4 is 23.6 Å². The van der Waals surface area contributed by atoms with Crippen LogP contribution in [-0.4, -0.2) is 33.1 Å². The van der Waals surface area contributed by atoms with Crippen molar-refractivity contribution in [2.75, 3.05) is 12.0 Å². The summed E-state index contributed by atoms with van der Waals surface area (Å²) in [5.74, 6) is 0.588. The van der Waals surface area contributed by atoms with Crippen LogP contribution in [-0.2, 0) is 11.2 Å². The van der Waals surface area contributed by atoms with E-state index in [-0.39, 0.29) is 11.9 Å². The van der Waals surface area contributed by atoms with Gasteiger partial charge in [-0.15, -0.1) is 10.2 Å². The Labute approximate surface area is 174 Å². The quantitative estimate of drug-likeness (QED) is 0.651. The Balaban J connectivity index is 1.43. The van der Waals surface area contributed by atoms with Crippen LogP contribution in [0.15, 0.2) is 34.8 Å². The number of rotatable bonds is 7. The smallest absolute Gasteiger partial charge is 0.407 e. The number of thioether (sulfide) groups is 1. The third kappa shape index (κ3) is 6.22. The Morgan fingerprint density at radius 1 is 1.21 bits per heavy atom. The van der Waals surface area contributed by atoms with Gasteiger partial charge in [0, 0.05) is 23.9 Å². The molecule has 1 amide bonds. The number of aryl methyl sites for hydroxylation is 1. The molecule has 0 saturated carbocycles. The summed E-state index contributed by atoms with van der Waals surface area (Å²) >= 11 is 1.48. The summed E-state index contributed by atoms with van der Waals surface area (Å²) in [5, 5.41) is 14.0. The van der Waals surface area contributed by atoms with Gasteiger partial charge in [0.15, 0.2) is 5.82 Å². The number of carbonyl (C=O) groups excluding carboxylic acids is 1. The molecule has 1 aliphatic heterocycles. The normalized spacial score (nSPS) is 13.3. The molecular formula is C20H26FN5O2S. The molecule has 0 fully saturated rings. The highest BCUT2D eigenvalue weighted by Crippen LogP contribution is 2.28. The van der Waals surface area contributed by atoms with Gasteiger partial charge in [0.05, 0.1) is 5.70 Å². The zero-order valence-corrected chi connectivity index (χ0v) is 17.7. The average Bonchev–Trinajstić information content (AvgIpc) is 3.06. The van der Waals surface area contributed by atoms with Gasteiger partial charge >= 0.3 is 6.09 Å². The van der Waals surface area contributed by atoms with Gasteiger partial charge in [0.2, 0.25) is 5.16 Å². The molecule has 2 heterocycles. The fourth-order valence-corrected chi connectivity index (χ4v) is 3.52. The second-order valence-corrected chi connectivity index (χ2v) is 8.58. The van der Waals surface area contributed by atoms with E-state index in [0.717, 1.165) is 47.9 Å². The number of alkyl carbamates (subject to hydrolysis) is 1. The molecule has 29 heavy (non-hydrogen) atoms. The number of carbonyl (C=O) groups is 1. The molecule has 0 aliphatic carbocycles. The number of hydrogen-bond acceptors (Lipinski definition) is 6. The molecule has 1 aromatic carbocycles. The van der Waals surface area contributed by atoms with E-state index >= 15 is 0 Å². The number of ether oxygens (including phenoxy) is 1. The van der Waals surface area contributed by atoms with Crippen LogP contribution in [0.3, 0.4) is 0 Å². The van der Waals surface area contributed by atoms with Crippen LogP contribution in [0.5, 0.6) is 0 Å². The first-order chi connectivity index (χ1) is 13.8. The number of aromatic nitrogens is 3. The van der Waals surface area contributed by atoms with Gasteiger partial charge in [-0.3, -0.25) is 5.43 Å². The molecule has 0 saturated heterocycles. The number of unbranched alkanes of at least 4 members (excludes halogenated alkanes) is 2. The second-order valence-electron chi connectivity index (χ2n) is 7.74. The Morgan fingerprint density at radius 2 is 1.97 bits per heavy atom. The first-order valence-electron chi connectivity index (χ1n) is 9.63. The van der Waals surface area contributed by atoms with E-state index in [4.69, 9.17) is 4.74 Å². The van der Waals surface area contributed by atoms with E-state index in [9.17, 15) is 9.18 Å². The minimum Gasteiger partial charge on any atom is -0.444 e. The number of benzene rings is 1. The summed E-state index contributed by atoms with van der Waals surface area (Å²) in [4.78, 5) is 11.6. The number of nitrogens with one attached hydrogen (secondary N) is 2. The minimum atomic E-state index is -0.483. The van der Waals surface area contributed by atoms with Crippen molar-refractivity contribution in [3.8, 4) is 0 Å². The number of halogens is 1. The lowest BCUT2D eigenvalue weighted by molar-refractivity contribution is 0.0527. The molecule has 0 radical (unpaired) electrons. The Morgan fingerprint density at radius 3 is 2.69 bits per heavy atom. The molecular weight excluding hydrogens is 393 g/mol. The van der Waals surface area contributed by atoms with Crippen molar-refractivity contribution < 1.29 is 13.9 Å². The molecule has 0 unspecified atom stereocenters. The Hall–Kier alpha value is -2.55. The van der Waals surface area contributed by atoms with E-state index in [1.165, 1.54) is 23.9 Å². The number of amides is 1. The van der Waals surface area contributed by atoms with Gasteiger partial charge in [0.1, 0.15) is 11.4 Å². The molecule has 1 aliphatic rings. The van der Waals surface area contributed by atoms with Crippen LogP contribution in [0.4, 0.5) is 9.18 Å². The summed E-state index contributed by atoms with van der Waals surface area (Å²) in [7, 11) is 0. The fraction of sp³-hybridized carbons (Fsp3) is 0.450. The predicted octanol–water partition coefficient (Wildman–Crippen LogP) is 4.30. The van der Waals surface area contributed by atoms with Crippen molar-refractivity contribution in [1.82, 2.24) is 20.2 Å². The highest BCUT2D eigenvalue weighted by Gasteiger charge is 2.18. The standard InChI is InChI=1S/C20H26FN5O2S/c1-20(2,3)28-19(27)22-12-6-4-5-7-17-23-24-18-26(17)25-16(13-29-18)14-8-10-15(21)11-9-14/h8-11,13,25H,4-7,12H2,1-3H3,(H,22,27). The summed E-state index contributed by atoms with van der Waals surface area (Å²) in [6, 6.07) is 6.36. The van der Waals surface area contributed by atoms with Crippen LogP contribution in [0.2, 0.25) is 0 Å². The second kappa shape index (κ2) is 9.30. The van der Waals surface area contributed by atoms with E-state index in [2.05, 4.69) is 20.9 Å². The van der Waals surface area contributed by atoms with Gasteiger partial charge in [-0.25, -0.2) is 13.9 Å². The molecule has 2 N–H and O–H groups in total. The van der Waals surface area contributed by atoms with Crippen molar-refractivity contribution in [2.24, 2.45) is 0 Å². The van der Waals surface area contributed by atoms with E-state index < -0.39 is 5.60 Å². The van der Waals surface area contributed by atoms with Crippen LogP contribution in [0.25, 0.3) is 5.70 Å². The minimum absolute atomic E-state index is 0.260. The topological polar surface area (TPSA) is 81.1 Å². The van der Waals surface area contributed by atoms with Crippen LogP contribution in [0.1, 0.15) is 51.4 Å².